The third-order valence-corrected chi connectivity index (χ3v) is 10.2. The van der Waals surface area contributed by atoms with Crippen LogP contribution in [0.15, 0.2) is 63.4 Å². The summed E-state index contributed by atoms with van der Waals surface area (Å²) in [5.41, 5.74) is -1.21. The third-order valence-electron chi connectivity index (χ3n) is 6.97. The minimum Gasteiger partial charge on any atom is -0.501 e. The van der Waals surface area contributed by atoms with Crippen molar-refractivity contribution in [3.05, 3.63) is 75.7 Å². The van der Waals surface area contributed by atoms with Gasteiger partial charge in [0, 0.05) is 43.5 Å². The van der Waals surface area contributed by atoms with E-state index in [2.05, 4.69) is 9.97 Å². The molecule has 1 saturated heterocycles. The van der Waals surface area contributed by atoms with Gasteiger partial charge in [0.15, 0.2) is 15.5 Å². The fourth-order valence-electron chi connectivity index (χ4n) is 4.96. The van der Waals surface area contributed by atoms with Crippen LogP contribution >= 0.6 is 23.4 Å². The van der Waals surface area contributed by atoms with Crippen molar-refractivity contribution in [2.24, 2.45) is 0 Å². The van der Waals surface area contributed by atoms with Crippen LogP contribution in [0.4, 0.5) is 0 Å². The highest BCUT2D eigenvalue weighted by atomic mass is 35.5. The minimum atomic E-state index is -3.68. The molecule has 11 nitrogen and oxygen atoms in total. The number of carbonyl (C=O) groups excluding carboxylic acids is 2. The lowest BCUT2D eigenvalue weighted by atomic mass is 10.1. The number of nitrogens with zero attached hydrogens (tertiary/aromatic N) is 5. The van der Waals surface area contributed by atoms with Crippen LogP contribution in [0.5, 0.6) is 5.75 Å². The standard InChI is InChI=1S/C26H26ClN5O6S2/c27-18-4-1-2-6-20(18)39-16-21(33)31-11-3-5-19(31)24-29-25(35)23(34)22-26(36)30(12-13-32(22)24)14-15-40(37,38)17-7-9-28-10-8-17/h1-2,4,6-10,19,34H,3,5,11-16H2. The van der Waals surface area contributed by atoms with Crippen LogP contribution in [0.2, 0.25) is 5.02 Å². The summed E-state index contributed by atoms with van der Waals surface area (Å²) in [6, 6.07) is 9.45. The summed E-state index contributed by atoms with van der Waals surface area (Å²) in [5.74, 6) is -1.58. The smallest absolute Gasteiger partial charge is 0.315 e. The topological polar surface area (TPSA) is 143 Å². The van der Waals surface area contributed by atoms with E-state index in [9.17, 15) is 27.9 Å². The Balaban J connectivity index is 1.36. The van der Waals surface area contributed by atoms with Gasteiger partial charge in [-0.15, -0.1) is 11.8 Å². The first-order valence-corrected chi connectivity index (χ1v) is 15.6. The van der Waals surface area contributed by atoms with Gasteiger partial charge in [-0.3, -0.25) is 19.4 Å². The van der Waals surface area contributed by atoms with Crippen LogP contribution in [0.1, 0.15) is 35.2 Å². The number of fused-ring (bicyclic) bond motifs is 1. The highest BCUT2D eigenvalue weighted by molar-refractivity contribution is 8.00. The zero-order valence-corrected chi connectivity index (χ0v) is 23.7. The second-order valence-electron chi connectivity index (χ2n) is 9.38. The van der Waals surface area contributed by atoms with Gasteiger partial charge in [0.05, 0.1) is 27.5 Å². The Kier molecular flexibility index (Phi) is 8.15. The maximum Gasteiger partial charge on any atom is 0.315 e. The highest BCUT2D eigenvalue weighted by Gasteiger charge is 2.38. The van der Waals surface area contributed by atoms with Crippen molar-refractivity contribution in [2.75, 3.05) is 31.1 Å². The molecule has 1 atom stereocenters. The highest BCUT2D eigenvalue weighted by Crippen LogP contribution is 2.35. The van der Waals surface area contributed by atoms with Gasteiger partial charge in [0.25, 0.3) is 5.91 Å². The third kappa shape index (κ3) is 5.58. The lowest BCUT2D eigenvalue weighted by molar-refractivity contribution is -0.129. The molecule has 2 aliphatic rings. The van der Waals surface area contributed by atoms with Gasteiger partial charge < -0.3 is 19.5 Å². The summed E-state index contributed by atoms with van der Waals surface area (Å²) in [7, 11) is -3.68. The molecular weight excluding hydrogens is 578 g/mol. The molecule has 1 fully saturated rings. The van der Waals surface area contributed by atoms with Crippen LogP contribution in [-0.2, 0) is 21.2 Å². The summed E-state index contributed by atoms with van der Waals surface area (Å²) >= 11 is 7.53. The number of thioether (sulfide) groups is 1. The van der Waals surface area contributed by atoms with Crippen LogP contribution in [0.3, 0.4) is 0 Å². The number of hydrogen-bond acceptors (Lipinski definition) is 9. The van der Waals surface area contributed by atoms with Crippen molar-refractivity contribution in [1.82, 2.24) is 24.3 Å². The first-order valence-electron chi connectivity index (χ1n) is 12.6. The Hall–Kier alpha value is -3.42. The Morgan fingerprint density at radius 1 is 1.10 bits per heavy atom. The molecule has 0 saturated carbocycles. The van der Waals surface area contributed by atoms with Gasteiger partial charge in [-0.2, -0.15) is 4.98 Å². The first kappa shape index (κ1) is 28.1. The van der Waals surface area contributed by atoms with Crippen molar-refractivity contribution in [2.45, 2.75) is 35.2 Å². The van der Waals surface area contributed by atoms with Gasteiger partial charge in [0.1, 0.15) is 5.82 Å². The van der Waals surface area contributed by atoms with Crippen molar-refractivity contribution < 1.29 is 23.1 Å². The Morgan fingerprint density at radius 2 is 1.85 bits per heavy atom. The summed E-state index contributed by atoms with van der Waals surface area (Å²) < 4.78 is 26.9. The van der Waals surface area contributed by atoms with Gasteiger partial charge >= 0.3 is 5.56 Å². The number of likely N-dealkylation sites (tertiary alicyclic amines) is 1. The molecule has 14 heteroatoms. The molecular formula is C26H26ClN5O6S2. The van der Waals surface area contributed by atoms with Crippen molar-refractivity contribution in [3.8, 4) is 5.75 Å². The average Bonchev–Trinajstić information content (AvgIpc) is 3.44. The zero-order valence-electron chi connectivity index (χ0n) is 21.3. The number of halogens is 1. The van der Waals surface area contributed by atoms with E-state index in [0.717, 1.165) is 4.90 Å². The molecule has 3 aromatic rings. The number of amides is 2. The maximum absolute atomic E-state index is 13.4. The van der Waals surface area contributed by atoms with Crippen LogP contribution < -0.4 is 5.56 Å². The predicted molar refractivity (Wildman–Crippen MR) is 148 cm³/mol. The molecule has 0 bridgehead atoms. The molecule has 5 rings (SSSR count). The monoisotopic (exact) mass is 603 g/mol. The molecule has 0 aliphatic carbocycles. The van der Waals surface area contributed by atoms with E-state index in [-0.39, 0.29) is 53.5 Å². The van der Waals surface area contributed by atoms with Gasteiger partial charge in [0.2, 0.25) is 11.7 Å². The lowest BCUT2D eigenvalue weighted by Gasteiger charge is -2.33. The molecule has 0 spiro atoms. The second-order valence-corrected chi connectivity index (χ2v) is 12.9. The van der Waals surface area contributed by atoms with E-state index in [4.69, 9.17) is 11.6 Å². The van der Waals surface area contributed by atoms with E-state index in [1.165, 1.54) is 45.8 Å². The van der Waals surface area contributed by atoms with E-state index in [1.54, 1.807) is 11.0 Å². The number of hydrogen-bond donors (Lipinski definition) is 1. The molecule has 1 aromatic carbocycles. The Morgan fingerprint density at radius 3 is 2.60 bits per heavy atom. The molecule has 2 aliphatic heterocycles. The van der Waals surface area contributed by atoms with E-state index in [0.29, 0.717) is 24.4 Å². The van der Waals surface area contributed by atoms with Gasteiger partial charge in [-0.1, -0.05) is 23.7 Å². The molecule has 1 unspecified atom stereocenters. The quantitative estimate of drug-likeness (QED) is 0.384. The average molecular weight is 604 g/mol. The molecule has 40 heavy (non-hydrogen) atoms. The summed E-state index contributed by atoms with van der Waals surface area (Å²) in [6.07, 6.45) is 3.98. The number of sulfone groups is 1. The summed E-state index contributed by atoms with van der Waals surface area (Å²) in [5, 5.41) is 11.1. The fourth-order valence-corrected chi connectivity index (χ4v) is 7.31. The van der Waals surface area contributed by atoms with Crippen molar-refractivity contribution in [1.29, 1.82) is 0 Å². The number of aromatic nitrogens is 3. The van der Waals surface area contributed by atoms with E-state index >= 15 is 0 Å². The number of carbonyl (C=O) groups is 2. The minimum absolute atomic E-state index is 0.0941. The summed E-state index contributed by atoms with van der Waals surface area (Å²) in [4.78, 5) is 51.0. The van der Waals surface area contributed by atoms with Crippen LogP contribution in [0.25, 0.3) is 0 Å². The SMILES string of the molecule is O=C1c2c(O)c(=O)nc(C3CCCN3C(=O)CSc3ccccc3Cl)n2CCN1CCS(=O)(=O)c1ccncc1. The van der Waals surface area contributed by atoms with Crippen LogP contribution in [-0.4, -0.2) is 80.8 Å². The second kappa shape index (κ2) is 11.6. The largest absolute Gasteiger partial charge is 0.501 e. The maximum atomic E-state index is 13.4. The van der Waals surface area contributed by atoms with E-state index in [1.807, 2.05) is 18.2 Å². The lowest BCUT2D eigenvalue weighted by Crippen LogP contribution is -2.46. The first-order chi connectivity index (χ1) is 19.2. The predicted octanol–water partition coefficient (Wildman–Crippen LogP) is 2.38. The number of aromatic hydroxyl groups is 1. The Bertz CT molecular complexity index is 1620. The molecule has 1 N–H and O–H groups in total. The molecule has 0 radical (unpaired) electrons. The van der Waals surface area contributed by atoms with E-state index < -0.39 is 33.1 Å². The Labute approximate surface area is 239 Å². The number of rotatable bonds is 8. The van der Waals surface area contributed by atoms with Crippen molar-refractivity contribution in [3.63, 3.8) is 0 Å². The fraction of sp³-hybridized carbons (Fsp3) is 0.346. The van der Waals surface area contributed by atoms with Gasteiger partial charge in [-0.05, 0) is 37.1 Å². The van der Waals surface area contributed by atoms with Crippen molar-refractivity contribution >= 4 is 45.0 Å². The van der Waals surface area contributed by atoms with Crippen LogP contribution in [0, 0.1) is 0 Å². The molecule has 210 valence electrons. The summed E-state index contributed by atoms with van der Waals surface area (Å²) in [6.45, 7) is 0.671. The zero-order chi connectivity index (χ0) is 28.4. The normalized spacial score (nSPS) is 17.2. The number of benzene rings is 1. The molecule has 4 heterocycles. The number of pyridine rings is 1. The van der Waals surface area contributed by atoms with Gasteiger partial charge in [-0.25, -0.2) is 8.42 Å². The molecule has 2 amide bonds. The molecule has 2 aromatic heterocycles.